The first kappa shape index (κ1) is 28.2. The van der Waals surface area contributed by atoms with Crippen molar-refractivity contribution in [1.29, 1.82) is 0 Å². The van der Waals surface area contributed by atoms with E-state index in [1.807, 2.05) is 0 Å². The molecule has 11 heteroatoms. The molecule has 4 aliphatic carbocycles. The fraction of sp³-hybridized carbons (Fsp3) is 0.500. The Morgan fingerprint density at radius 3 is 1.54 bits per heavy atom. The van der Waals surface area contributed by atoms with Gasteiger partial charge in [-0.2, -0.15) is 0 Å². The Hall–Kier alpha value is -3.86. The number of esters is 1. The normalized spacial score (nSPS) is 27.5. The van der Waals surface area contributed by atoms with Crippen LogP contribution >= 0.6 is 0 Å². The topological polar surface area (TPSA) is 170 Å². The molecule has 4 bridgehead atoms. The van der Waals surface area contributed by atoms with Crippen LogP contribution in [0.2, 0.25) is 0 Å². The lowest BCUT2D eigenvalue weighted by Crippen LogP contribution is -2.24. The van der Waals surface area contributed by atoms with Gasteiger partial charge in [0, 0.05) is 24.3 Å². The SMILES string of the molecule is O=C(O)c1ccc([N+](=O)[O-])cc1.O=C(OC1CC2CCC1C2)c1ccc([N+](=O)[O-])cc1.OC1CC2CCC1C2. The van der Waals surface area contributed by atoms with Gasteiger partial charge in [-0.3, -0.25) is 20.2 Å². The van der Waals surface area contributed by atoms with Crippen molar-refractivity contribution >= 4 is 23.3 Å². The number of carbonyl (C=O) groups is 2. The molecule has 2 aromatic carbocycles. The van der Waals surface area contributed by atoms with Crippen molar-refractivity contribution in [3.8, 4) is 0 Å². The summed E-state index contributed by atoms with van der Waals surface area (Å²) in [7, 11) is 0. The number of aliphatic hydroxyl groups excluding tert-OH is 1. The van der Waals surface area contributed by atoms with Crippen molar-refractivity contribution in [1.82, 2.24) is 0 Å². The molecule has 39 heavy (non-hydrogen) atoms. The number of nitro benzene ring substituents is 2. The first-order valence-corrected chi connectivity index (χ1v) is 13.2. The molecule has 4 aliphatic rings. The van der Waals surface area contributed by atoms with Crippen molar-refractivity contribution in [2.75, 3.05) is 0 Å². The molecule has 0 radical (unpaired) electrons. The Kier molecular flexibility index (Phi) is 8.90. The van der Waals surface area contributed by atoms with Crippen LogP contribution in [0.5, 0.6) is 0 Å². The summed E-state index contributed by atoms with van der Waals surface area (Å²) in [4.78, 5) is 41.9. The number of rotatable bonds is 5. The van der Waals surface area contributed by atoms with Gasteiger partial charge in [-0.15, -0.1) is 0 Å². The average Bonchev–Trinajstić information content (AvgIpc) is 3.72. The quantitative estimate of drug-likeness (QED) is 0.286. The summed E-state index contributed by atoms with van der Waals surface area (Å²) in [5.41, 5.74) is 0.297. The van der Waals surface area contributed by atoms with Crippen LogP contribution in [0.4, 0.5) is 11.4 Å². The third kappa shape index (κ3) is 7.17. The minimum absolute atomic E-state index is 0.0172. The molecule has 0 aliphatic heterocycles. The minimum atomic E-state index is -1.09. The van der Waals surface area contributed by atoms with Crippen LogP contribution in [0, 0.1) is 43.9 Å². The zero-order chi connectivity index (χ0) is 28.1. The van der Waals surface area contributed by atoms with Crippen LogP contribution in [0.1, 0.15) is 72.1 Å². The third-order valence-electron chi connectivity index (χ3n) is 8.27. The number of ether oxygens (including phenoxy) is 1. The second kappa shape index (κ2) is 12.3. The Morgan fingerprint density at radius 1 is 0.718 bits per heavy atom. The van der Waals surface area contributed by atoms with Crippen LogP contribution in [-0.4, -0.2) is 44.2 Å². The van der Waals surface area contributed by atoms with Gasteiger partial charge in [0.05, 0.1) is 27.1 Å². The monoisotopic (exact) mass is 540 g/mol. The van der Waals surface area contributed by atoms with Gasteiger partial charge in [0.1, 0.15) is 6.10 Å². The van der Waals surface area contributed by atoms with Crippen molar-refractivity contribution in [2.24, 2.45) is 23.7 Å². The van der Waals surface area contributed by atoms with Crippen molar-refractivity contribution < 1.29 is 34.4 Å². The lowest BCUT2D eigenvalue weighted by atomic mass is 9.98. The zero-order valence-electron chi connectivity index (χ0n) is 21.4. The second-order valence-electron chi connectivity index (χ2n) is 10.8. The summed E-state index contributed by atoms with van der Waals surface area (Å²) < 4.78 is 5.52. The highest BCUT2D eigenvalue weighted by atomic mass is 16.6. The minimum Gasteiger partial charge on any atom is -0.478 e. The summed E-state index contributed by atoms with van der Waals surface area (Å²) in [5.74, 6) is 1.37. The lowest BCUT2D eigenvalue weighted by molar-refractivity contribution is -0.385. The van der Waals surface area contributed by atoms with E-state index in [4.69, 9.17) is 9.84 Å². The molecule has 208 valence electrons. The maximum Gasteiger partial charge on any atom is 0.338 e. The number of carboxylic acid groups (broad SMARTS) is 1. The number of benzene rings is 2. The van der Waals surface area contributed by atoms with E-state index < -0.39 is 15.8 Å². The Balaban J connectivity index is 0.000000150. The molecule has 0 amide bonds. The molecule has 2 N–H and O–H groups in total. The molecule has 0 saturated heterocycles. The average molecular weight is 541 g/mol. The third-order valence-corrected chi connectivity index (χ3v) is 8.27. The van der Waals surface area contributed by atoms with Gasteiger partial charge in [0.15, 0.2) is 0 Å². The van der Waals surface area contributed by atoms with Crippen LogP contribution in [-0.2, 0) is 4.74 Å². The molecule has 6 rings (SSSR count). The molecule has 4 fully saturated rings. The van der Waals surface area contributed by atoms with Crippen molar-refractivity contribution in [3.05, 3.63) is 79.9 Å². The maximum atomic E-state index is 12.0. The highest BCUT2D eigenvalue weighted by molar-refractivity contribution is 5.89. The van der Waals surface area contributed by atoms with Crippen LogP contribution in [0.3, 0.4) is 0 Å². The lowest BCUT2D eigenvalue weighted by Gasteiger charge is -2.21. The molecule has 11 nitrogen and oxygen atoms in total. The first-order chi connectivity index (χ1) is 18.6. The molecular formula is C28H32N2O9. The van der Waals surface area contributed by atoms with Gasteiger partial charge in [0.25, 0.3) is 11.4 Å². The molecule has 0 spiro atoms. The van der Waals surface area contributed by atoms with E-state index in [1.54, 1.807) is 0 Å². The molecule has 6 atom stereocenters. The molecule has 4 saturated carbocycles. The van der Waals surface area contributed by atoms with Gasteiger partial charge < -0.3 is 14.9 Å². The van der Waals surface area contributed by atoms with E-state index in [2.05, 4.69) is 0 Å². The Labute approximate surface area is 225 Å². The van der Waals surface area contributed by atoms with Gasteiger partial charge in [-0.05, 0) is 99.3 Å². The van der Waals surface area contributed by atoms with Gasteiger partial charge in [-0.25, -0.2) is 9.59 Å². The summed E-state index contributed by atoms with van der Waals surface area (Å²) in [6, 6.07) is 10.3. The highest BCUT2D eigenvalue weighted by Gasteiger charge is 2.42. The van der Waals surface area contributed by atoms with Crippen LogP contribution in [0.15, 0.2) is 48.5 Å². The molecular weight excluding hydrogens is 508 g/mol. The first-order valence-electron chi connectivity index (χ1n) is 13.2. The van der Waals surface area contributed by atoms with E-state index in [0.717, 1.165) is 43.2 Å². The number of carboxylic acids is 1. The van der Waals surface area contributed by atoms with Gasteiger partial charge in [-0.1, -0.05) is 0 Å². The van der Waals surface area contributed by atoms with E-state index in [1.165, 1.54) is 68.5 Å². The fourth-order valence-corrected chi connectivity index (χ4v) is 6.19. The van der Waals surface area contributed by atoms with E-state index in [-0.39, 0.29) is 35.1 Å². The largest absolute Gasteiger partial charge is 0.478 e. The number of hydrogen-bond donors (Lipinski definition) is 2. The maximum absolute atomic E-state index is 12.0. The number of carbonyl (C=O) groups excluding carboxylic acids is 1. The van der Waals surface area contributed by atoms with Gasteiger partial charge >= 0.3 is 11.9 Å². The second-order valence-corrected chi connectivity index (χ2v) is 10.8. The molecule has 2 aromatic rings. The smallest absolute Gasteiger partial charge is 0.338 e. The summed E-state index contributed by atoms with van der Waals surface area (Å²) in [5, 5.41) is 38.3. The molecule has 0 aromatic heterocycles. The number of nitrogens with zero attached hydrogens (tertiary/aromatic N) is 2. The Morgan fingerprint density at radius 2 is 1.21 bits per heavy atom. The number of non-ortho nitro benzene ring substituents is 2. The van der Waals surface area contributed by atoms with Crippen molar-refractivity contribution in [3.63, 3.8) is 0 Å². The standard InChI is InChI=1S/C14H15NO4.C7H5NO4.C7H12O/c16-14(10-3-5-12(6-4-10)15(17)18)19-13-8-9-1-2-11(13)7-9;9-7(10)5-1-3-6(4-2-5)8(11)12;8-7-4-5-1-2-6(7)3-5/h3-6,9,11,13H,1-2,7-8H2;1-4H,(H,9,10);5-8H,1-4H2. The summed E-state index contributed by atoms with van der Waals surface area (Å²) in [6.07, 6.45) is 9.80. The van der Waals surface area contributed by atoms with Crippen LogP contribution < -0.4 is 0 Å². The number of aliphatic hydroxyl groups is 1. The van der Waals surface area contributed by atoms with E-state index in [9.17, 15) is 34.9 Å². The molecule has 0 heterocycles. The van der Waals surface area contributed by atoms with E-state index in [0.29, 0.717) is 17.4 Å². The highest BCUT2D eigenvalue weighted by Crippen LogP contribution is 2.46. The van der Waals surface area contributed by atoms with E-state index >= 15 is 0 Å². The molecule has 6 unspecified atom stereocenters. The predicted molar refractivity (Wildman–Crippen MR) is 139 cm³/mol. The van der Waals surface area contributed by atoms with Crippen LogP contribution in [0.25, 0.3) is 0 Å². The zero-order valence-corrected chi connectivity index (χ0v) is 21.4. The number of hydrogen-bond acceptors (Lipinski definition) is 8. The Bertz CT molecular complexity index is 1160. The fourth-order valence-electron chi connectivity index (χ4n) is 6.19. The summed E-state index contributed by atoms with van der Waals surface area (Å²) in [6.45, 7) is 0. The number of fused-ring (bicyclic) bond motifs is 4. The van der Waals surface area contributed by atoms with Crippen molar-refractivity contribution in [2.45, 2.75) is 63.6 Å². The number of nitro groups is 2. The number of aromatic carboxylic acids is 1. The predicted octanol–water partition coefficient (Wildman–Crippen LogP) is 5.40. The summed E-state index contributed by atoms with van der Waals surface area (Å²) >= 11 is 0. The van der Waals surface area contributed by atoms with Gasteiger partial charge in [0.2, 0.25) is 0 Å².